The van der Waals surface area contributed by atoms with Gasteiger partial charge in [0.25, 0.3) is 0 Å². The Morgan fingerprint density at radius 2 is 1.86 bits per heavy atom. The van der Waals surface area contributed by atoms with Gasteiger partial charge in [-0.25, -0.2) is 0 Å². The second kappa shape index (κ2) is 5.61. The Morgan fingerprint density at radius 3 is 2.43 bits per heavy atom. The van der Waals surface area contributed by atoms with Gasteiger partial charge in [0.1, 0.15) is 0 Å². The molecule has 0 aliphatic carbocycles. The van der Waals surface area contributed by atoms with Crippen LogP contribution in [0.2, 0.25) is 0 Å². The van der Waals surface area contributed by atoms with Crippen molar-refractivity contribution in [3.8, 4) is 0 Å². The van der Waals surface area contributed by atoms with Gasteiger partial charge in [-0.2, -0.15) is 0 Å². The minimum atomic E-state index is -0.369. The summed E-state index contributed by atoms with van der Waals surface area (Å²) < 4.78 is 0. The molecule has 1 heteroatoms. The molecule has 1 aromatic rings. The van der Waals surface area contributed by atoms with Crippen LogP contribution in [0.1, 0.15) is 31.9 Å². The Labute approximate surface area is 86.1 Å². The molecule has 0 unspecified atom stereocenters. The van der Waals surface area contributed by atoms with Crippen LogP contribution in [0, 0.1) is 5.92 Å². The monoisotopic (exact) mass is 190 g/mol. The predicted molar refractivity (Wildman–Crippen MR) is 60.0 cm³/mol. The molecular formula is C13H18O. The fourth-order valence-electron chi connectivity index (χ4n) is 1.29. The van der Waals surface area contributed by atoms with Gasteiger partial charge in [-0.3, -0.25) is 0 Å². The normalized spacial score (nSPS) is 13.7. The summed E-state index contributed by atoms with van der Waals surface area (Å²) in [6.45, 7) is 4.26. The maximum absolute atomic E-state index is 9.78. The number of allylic oxidation sites excluding steroid dienone is 1. The molecule has 0 amide bonds. The van der Waals surface area contributed by atoms with Crippen LogP contribution in [0.5, 0.6) is 0 Å². The second-order valence-electron chi connectivity index (χ2n) is 3.83. The van der Waals surface area contributed by atoms with Crippen LogP contribution in [0.15, 0.2) is 42.5 Å². The van der Waals surface area contributed by atoms with Crippen molar-refractivity contribution in [2.24, 2.45) is 5.92 Å². The molecule has 1 rings (SSSR count). The van der Waals surface area contributed by atoms with E-state index in [0.717, 1.165) is 5.56 Å². The molecule has 0 radical (unpaired) electrons. The quantitative estimate of drug-likeness (QED) is 0.722. The topological polar surface area (TPSA) is 20.2 Å². The summed E-state index contributed by atoms with van der Waals surface area (Å²) in [6.07, 6.45) is 4.49. The smallest absolute Gasteiger partial charge is 0.0824 e. The van der Waals surface area contributed by atoms with E-state index in [1.54, 1.807) is 0 Å². The van der Waals surface area contributed by atoms with E-state index in [-0.39, 0.29) is 6.10 Å². The molecule has 1 nitrogen and oxygen atoms in total. The highest BCUT2D eigenvalue weighted by molar-refractivity contribution is 5.17. The number of aliphatic hydroxyl groups is 1. The van der Waals surface area contributed by atoms with Crippen molar-refractivity contribution >= 4 is 0 Å². The Kier molecular flexibility index (Phi) is 4.41. The summed E-state index contributed by atoms with van der Waals surface area (Å²) in [5, 5.41) is 9.78. The molecule has 0 spiro atoms. The van der Waals surface area contributed by atoms with Crippen LogP contribution in [-0.4, -0.2) is 5.11 Å². The van der Waals surface area contributed by atoms with Crippen LogP contribution in [-0.2, 0) is 0 Å². The molecule has 0 aliphatic rings. The van der Waals surface area contributed by atoms with Gasteiger partial charge in [-0.1, -0.05) is 56.3 Å². The van der Waals surface area contributed by atoms with Gasteiger partial charge in [0.2, 0.25) is 0 Å². The highest BCUT2D eigenvalue weighted by Crippen LogP contribution is 2.16. The Morgan fingerprint density at radius 1 is 1.21 bits per heavy atom. The van der Waals surface area contributed by atoms with Gasteiger partial charge in [0.05, 0.1) is 6.10 Å². The van der Waals surface area contributed by atoms with Crippen molar-refractivity contribution in [2.45, 2.75) is 26.4 Å². The van der Waals surface area contributed by atoms with Crippen LogP contribution < -0.4 is 0 Å². The third-order valence-electron chi connectivity index (χ3n) is 2.06. The lowest BCUT2D eigenvalue weighted by Gasteiger charge is -2.07. The number of aliphatic hydroxyl groups excluding tert-OH is 1. The van der Waals surface area contributed by atoms with Crippen LogP contribution in [0.4, 0.5) is 0 Å². The number of hydrogen-bond donors (Lipinski definition) is 1. The van der Waals surface area contributed by atoms with E-state index in [0.29, 0.717) is 12.3 Å². The van der Waals surface area contributed by atoms with Crippen molar-refractivity contribution in [1.29, 1.82) is 0 Å². The fraction of sp³-hybridized carbons (Fsp3) is 0.385. The van der Waals surface area contributed by atoms with Crippen molar-refractivity contribution < 1.29 is 5.11 Å². The second-order valence-corrected chi connectivity index (χ2v) is 3.83. The molecule has 0 saturated carbocycles. The third kappa shape index (κ3) is 3.75. The Bertz CT molecular complexity index is 275. The van der Waals surface area contributed by atoms with E-state index in [9.17, 15) is 5.11 Å². The predicted octanol–water partition coefficient (Wildman–Crippen LogP) is 3.32. The number of rotatable bonds is 4. The SMILES string of the molecule is CC(C)/C=C\C[C@@H](O)c1ccccc1. The lowest BCUT2D eigenvalue weighted by molar-refractivity contribution is 0.181. The maximum Gasteiger partial charge on any atom is 0.0824 e. The first-order valence-electron chi connectivity index (χ1n) is 5.10. The highest BCUT2D eigenvalue weighted by atomic mass is 16.3. The van der Waals surface area contributed by atoms with Crippen LogP contribution in [0.25, 0.3) is 0 Å². The van der Waals surface area contributed by atoms with Gasteiger partial charge in [-0.15, -0.1) is 0 Å². The number of hydrogen-bond acceptors (Lipinski definition) is 1. The van der Waals surface area contributed by atoms with E-state index in [1.165, 1.54) is 0 Å². The average molecular weight is 190 g/mol. The van der Waals surface area contributed by atoms with Gasteiger partial charge >= 0.3 is 0 Å². The molecular weight excluding hydrogens is 172 g/mol. The molecule has 1 atom stereocenters. The molecule has 0 aromatic heterocycles. The fourth-order valence-corrected chi connectivity index (χ4v) is 1.29. The minimum absolute atomic E-state index is 0.369. The lowest BCUT2D eigenvalue weighted by Crippen LogP contribution is -1.94. The summed E-state index contributed by atoms with van der Waals surface area (Å²) in [7, 11) is 0. The molecule has 1 aromatic carbocycles. The van der Waals surface area contributed by atoms with Crippen LogP contribution in [0.3, 0.4) is 0 Å². The van der Waals surface area contributed by atoms with Crippen molar-refractivity contribution in [2.75, 3.05) is 0 Å². The molecule has 0 fully saturated rings. The molecule has 76 valence electrons. The van der Waals surface area contributed by atoms with Gasteiger partial charge < -0.3 is 5.11 Å². The summed E-state index contributed by atoms with van der Waals surface area (Å²) >= 11 is 0. The number of benzene rings is 1. The molecule has 0 saturated heterocycles. The molecule has 1 N–H and O–H groups in total. The van der Waals surface area contributed by atoms with Gasteiger partial charge in [-0.05, 0) is 17.9 Å². The molecule has 14 heavy (non-hydrogen) atoms. The summed E-state index contributed by atoms with van der Waals surface area (Å²) in [6, 6.07) is 9.76. The maximum atomic E-state index is 9.78. The highest BCUT2D eigenvalue weighted by Gasteiger charge is 2.03. The van der Waals surface area contributed by atoms with E-state index in [1.807, 2.05) is 36.4 Å². The zero-order valence-corrected chi connectivity index (χ0v) is 8.85. The minimum Gasteiger partial charge on any atom is -0.388 e. The Hall–Kier alpha value is -1.08. The van der Waals surface area contributed by atoms with Crippen molar-refractivity contribution in [1.82, 2.24) is 0 Å². The summed E-state index contributed by atoms with van der Waals surface area (Å²) in [5.41, 5.74) is 0.987. The molecule has 0 aliphatic heterocycles. The first-order valence-corrected chi connectivity index (χ1v) is 5.10. The molecule has 0 heterocycles. The zero-order valence-electron chi connectivity index (χ0n) is 8.85. The summed E-state index contributed by atoms with van der Waals surface area (Å²) in [4.78, 5) is 0. The first kappa shape index (κ1) is 11.0. The lowest BCUT2D eigenvalue weighted by atomic mass is 10.1. The first-order chi connectivity index (χ1) is 6.70. The molecule has 0 bridgehead atoms. The van der Waals surface area contributed by atoms with E-state index in [4.69, 9.17) is 0 Å². The van der Waals surface area contributed by atoms with E-state index < -0.39 is 0 Å². The van der Waals surface area contributed by atoms with E-state index >= 15 is 0 Å². The van der Waals surface area contributed by atoms with Gasteiger partial charge in [0, 0.05) is 0 Å². The van der Waals surface area contributed by atoms with Gasteiger partial charge in [0.15, 0.2) is 0 Å². The average Bonchev–Trinajstić information content (AvgIpc) is 2.18. The zero-order chi connectivity index (χ0) is 10.4. The van der Waals surface area contributed by atoms with Crippen molar-refractivity contribution in [3.63, 3.8) is 0 Å². The van der Waals surface area contributed by atoms with Crippen molar-refractivity contribution in [3.05, 3.63) is 48.0 Å². The standard InChI is InChI=1S/C13H18O/c1-11(2)7-6-10-13(14)12-8-4-3-5-9-12/h3-9,11,13-14H,10H2,1-2H3/b7-6-/t13-/m1/s1. The Balaban J connectivity index is 2.47. The largest absolute Gasteiger partial charge is 0.388 e. The van der Waals surface area contributed by atoms with Crippen LogP contribution >= 0.6 is 0 Å². The summed E-state index contributed by atoms with van der Waals surface area (Å²) in [5.74, 6) is 0.554. The third-order valence-corrected chi connectivity index (χ3v) is 2.06. The van der Waals surface area contributed by atoms with E-state index in [2.05, 4.69) is 19.9 Å².